The Morgan fingerprint density at radius 3 is 2.17 bits per heavy atom. The van der Waals surface area contributed by atoms with Gasteiger partial charge in [-0.1, -0.05) is 107 Å². The van der Waals surface area contributed by atoms with Crippen LogP contribution in [0.2, 0.25) is 0 Å². The Kier molecular flexibility index (Phi) is 9.58. The van der Waals surface area contributed by atoms with Gasteiger partial charge in [0, 0.05) is 5.75 Å². The normalized spacial score (nSPS) is 19.5. The molecule has 4 nitrogen and oxygen atoms in total. The van der Waals surface area contributed by atoms with Gasteiger partial charge in [-0.25, -0.2) is 0 Å². The maximum Gasteiger partial charge on any atom is 0.259 e. The van der Waals surface area contributed by atoms with Crippen LogP contribution in [0.1, 0.15) is 87.6 Å². The monoisotopic (exact) mass is 493 g/mol. The van der Waals surface area contributed by atoms with Crippen LogP contribution in [-0.2, 0) is 4.79 Å². The molecular formula is C30H39NO3S. The number of thioether (sulfide) groups is 1. The molecule has 0 spiro atoms. The molecule has 1 saturated heterocycles. The third-order valence-corrected chi connectivity index (χ3v) is 8.34. The molecule has 0 bridgehead atoms. The number of hydrogen-bond donors (Lipinski definition) is 1. The molecule has 35 heavy (non-hydrogen) atoms. The van der Waals surface area contributed by atoms with E-state index >= 15 is 0 Å². The van der Waals surface area contributed by atoms with Crippen LogP contribution >= 0.6 is 11.8 Å². The van der Waals surface area contributed by atoms with E-state index in [4.69, 9.17) is 4.74 Å². The Bertz CT molecular complexity index is 973. The molecule has 0 aromatic heterocycles. The predicted molar refractivity (Wildman–Crippen MR) is 146 cm³/mol. The van der Waals surface area contributed by atoms with Gasteiger partial charge in [0.25, 0.3) is 5.91 Å². The lowest BCUT2D eigenvalue weighted by Gasteiger charge is -2.24. The first-order valence-electron chi connectivity index (χ1n) is 13.4. The number of unbranched alkanes of at least 4 members (excludes halogenated alkanes) is 9. The summed E-state index contributed by atoms with van der Waals surface area (Å²) < 4.78 is 5.92. The molecule has 0 radical (unpaired) electrons. The highest BCUT2D eigenvalue weighted by Crippen LogP contribution is 2.49. The lowest BCUT2D eigenvalue weighted by atomic mass is 10.0. The van der Waals surface area contributed by atoms with Gasteiger partial charge in [-0.05, 0) is 29.7 Å². The Balaban J connectivity index is 1.22. The van der Waals surface area contributed by atoms with E-state index in [2.05, 4.69) is 6.92 Å². The van der Waals surface area contributed by atoms with Gasteiger partial charge in [0.1, 0.15) is 22.9 Å². The van der Waals surface area contributed by atoms with Gasteiger partial charge < -0.3 is 14.7 Å². The van der Waals surface area contributed by atoms with E-state index < -0.39 is 0 Å². The Morgan fingerprint density at radius 2 is 1.51 bits per heavy atom. The second-order valence-corrected chi connectivity index (χ2v) is 10.8. The van der Waals surface area contributed by atoms with Crippen LogP contribution < -0.4 is 4.74 Å². The van der Waals surface area contributed by atoms with Crippen molar-refractivity contribution < 1.29 is 14.6 Å². The molecule has 2 unspecified atom stereocenters. The minimum Gasteiger partial charge on any atom is -0.509 e. The first-order chi connectivity index (χ1) is 17.2. The second-order valence-electron chi connectivity index (χ2n) is 9.64. The first kappa shape index (κ1) is 25.7. The molecule has 2 aliphatic heterocycles. The van der Waals surface area contributed by atoms with Crippen LogP contribution in [0, 0.1) is 0 Å². The second kappa shape index (κ2) is 13.1. The van der Waals surface area contributed by atoms with E-state index in [0.29, 0.717) is 17.9 Å². The molecule has 0 saturated carbocycles. The third kappa shape index (κ3) is 6.43. The molecule has 1 amide bonds. The lowest BCUT2D eigenvalue weighted by Crippen LogP contribution is -2.33. The highest BCUT2D eigenvalue weighted by molar-refractivity contribution is 7.99. The SMILES string of the molecule is CCCCCCCCCCCCOc1ccc(C2=C(O)C3CSC(c4ccccc4)N3C2=O)cc1. The van der Waals surface area contributed by atoms with Gasteiger partial charge in [0.15, 0.2) is 0 Å². The summed E-state index contributed by atoms with van der Waals surface area (Å²) in [6.45, 7) is 2.98. The third-order valence-electron chi connectivity index (χ3n) is 7.01. The van der Waals surface area contributed by atoms with Crippen molar-refractivity contribution in [1.29, 1.82) is 0 Å². The van der Waals surface area contributed by atoms with Gasteiger partial charge in [0.05, 0.1) is 12.2 Å². The number of hydrogen-bond acceptors (Lipinski definition) is 4. The number of fused-ring (bicyclic) bond motifs is 1. The average Bonchev–Trinajstić information content (AvgIpc) is 3.43. The van der Waals surface area contributed by atoms with E-state index in [1.807, 2.05) is 59.5 Å². The zero-order valence-corrected chi connectivity index (χ0v) is 21.8. The number of rotatable bonds is 14. The standard InChI is InChI=1S/C30H39NO3S/c1-2-3-4-5-6-7-8-9-10-14-21-34-25-19-17-23(18-20-25)27-28(32)26-22-35-30(31(26)29(27)33)24-15-12-11-13-16-24/h11-13,15-20,26,30,32H,2-10,14,21-22H2,1H3. The number of carbonyl (C=O) groups excluding carboxylic acids is 1. The maximum absolute atomic E-state index is 13.3. The van der Waals surface area contributed by atoms with Crippen molar-refractivity contribution in [2.45, 2.75) is 82.5 Å². The topological polar surface area (TPSA) is 49.8 Å². The summed E-state index contributed by atoms with van der Waals surface area (Å²) in [4.78, 5) is 15.1. The fraction of sp³-hybridized carbons (Fsp3) is 0.500. The van der Waals surface area contributed by atoms with Gasteiger partial charge in [-0.15, -0.1) is 11.8 Å². The molecule has 2 heterocycles. The van der Waals surface area contributed by atoms with Crippen molar-refractivity contribution in [2.75, 3.05) is 12.4 Å². The van der Waals surface area contributed by atoms with Crippen LogP contribution in [0.25, 0.3) is 5.57 Å². The van der Waals surface area contributed by atoms with E-state index in [9.17, 15) is 9.90 Å². The minimum atomic E-state index is -0.250. The number of aliphatic hydroxyl groups excluding tert-OH is 1. The highest BCUT2D eigenvalue weighted by atomic mass is 32.2. The molecule has 0 aliphatic carbocycles. The molecule has 2 aliphatic rings. The van der Waals surface area contributed by atoms with E-state index in [-0.39, 0.29) is 23.1 Å². The summed E-state index contributed by atoms with van der Waals surface area (Å²) in [5.74, 6) is 1.62. The predicted octanol–water partition coefficient (Wildman–Crippen LogP) is 7.91. The number of carbonyl (C=O) groups is 1. The zero-order valence-electron chi connectivity index (χ0n) is 21.0. The van der Waals surface area contributed by atoms with Gasteiger partial charge in [-0.3, -0.25) is 4.79 Å². The van der Waals surface area contributed by atoms with Crippen molar-refractivity contribution >= 4 is 23.2 Å². The van der Waals surface area contributed by atoms with Gasteiger partial charge in [-0.2, -0.15) is 0 Å². The van der Waals surface area contributed by atoms with E-state index in [0.717, 1.165) is 23.3 Å². The Hall–Kier alpha value is -2.40. The van der Waals surface area contributed by atoms with Crippen molar-refractivity contribution in [3.63, 3.8) is 0 Å². The smallest absolute Gasteiger partial charge is 0.259 e. The molecule has 2 atom stereocenters. The maximum atomic E-state index is 13.3. The van der Waals surface area contributed by atoms with Gasteiger partial charge in [0.2, 0.25) is 0 Å². The lowest BCUT2D eigenvalue weighted by molar-refractivity contribution is -0.125. The van der Waals surface area contributed by atoms with Crippen molar-refractivity contribution in [1.82, 2.24) is 4.90 Å². The van der Waals surface area contributed by atoms with E-state index in [1.165, 1.54) is 57.8 Å². The number of nitrogens with zero attached hydrogens (tertiary/aromatic N) is 1. The number of ether oxygens (including phenoxy) is 1. The molecule has 4 rings (SSSR count). The van der Waals surface area contributed by atoms with Crippen molar-refractivity contribution in [2.24, 2.45) is 0 Å². The quantitative estimate of drug-likeness (QED) is 0.272. The molecule has 188 valence electrons. The summed E-state index contributed by atoms with van der Waals surface area (Å²) in [5.41, 5.74) is 2.28. The van der Waals surface area contributed by atoms with Crippen LogP contribution in [0.4, 0.5) is 0 Å². The summed E-state index contributed by atoms with van der Waals surface area (Å²) in [6, 6.07) is 17.4. The van der Waals surface area contributed by atoms with Crippen molar-refractivity contribution in [3.05, 3.63) is 71.5 Å². The summed E-state index contributed by atoms with van der Waals surface area (Å²) in [5, 5.41) is 10.8. The number of benzene rings is 2. The molecule has 5 heteroatoms. The minimum absolute atomic E-state index is 0.0583. The Morgan fingerprint density at radius 1 is 0.886 bits per heavy atom. The summed E-state index contributed by atoms with van der Waals surface area (Å²) in [6.07, 6.45) is 13.1. The number of aliphatic hydroxyl groups is 1. The van der Waals surface area contributed by atoms with Crippen LogP contribution in [-0.4, -0.2) is 34.3 Å². The summed E-state index contributed by atoms with van der Waals surface area (Å²) in [7, 11) is 0. The largest absolute Gasteiger partial charge is 0.509 e. The fourth-order valence-electron chi connectivity index (χ4n) is 5.01. The van der Waals surface area contributed by atoms with E-state index in [1.54, 1.807) is 11.8 Å². The van der Waals surface area contributed by atoms with Crippen LogP contribution in [0.5, 0.6) is 5.75 Å². The molecule has 1 N–H and O–H groups in total. The zero-order chi connectivity index (χ0) is 24.5. The molecule has 1 fully saturated rings. The molecule has 2 aromatic rings. The molecular weight excluding hydrogens is 454 g/mol. The molecule has 2 aromatic carbocycles. The first-order valence-corrected chi connectivity index (χ1v) is 14.4. The Labute approximate surface area is 214 Å². The fourth-order valence-corrected chi connectivity index (χ4v) is 6.45. The van der Waals surface area contributed by atoms with Crippen molar-refractivity contribution in [3.8, 4) is 5.75 Å². The number of amides is 1. The van der Waals surface area contributed by atoms with Crippen LogP contribution in [0.3, 0.4) is 0 Å². The highest BCUT2D eigenvalue weighted by Gasteiger charge is 2.48. The summed E-state index contributed by atoms with van der Waals surface area (Å²) >= 11 is 1.71. The van der Waals surface area contributed by atoms with Gasteiger partial charge >= 0.3 is 0 Å². The van der Waals surface area contributed by atoms with Crippen LogP contribution in [0.15, 0.2) is 60.4 Å². The average molecular weight is 494 g/mol.